The third-order valence-electron chi connectivity index (χ3n) is 9.96. The van der Waals surface area contributed by atoms with Gasteiger partial charge in [0.2, 0.25) is 0 Å². The van der Waals surface area contributed by atoms with Gasteiger partial charge in [0.05, 0.1) is 8.80 Å². The van der Waals surface area contributed by atoms with Crippen LogP contribution in [0.25, 0.3) is 39.1 Å². The van der Waals surface area contributed by atoms with Gasteiger partial charge in [-0.15, -0.1) is 40.1 Å². The van der Waals surface area contributed by atoms with Crippen molar-refractivity contribution in [2.24, 2.45) is 0 Å². The zero-order valence-corrected chi connectivity index (χ0v) is 35.5. The van der Waals surface area contributed by atoms with Crippen LogP contribution in [0.1, 0.15) is 108 Å². The number of rotatable bonds is 5. The molecule has 0 nitrogen and oxygen atoms in total. The number of hydrogen-bond acceptors (Lipinski definition) is 0. The number of fused-ring (bicyclic) bond motifs is 2. The first-order valence-corrected chi connectivity index (χ1v) is 19.3. The van der Waals surface area contributed by atoms with Gasteiger partial charge < -0.3 is 24.8 Å². The Kier molecular flexibility index (Phi) is 12.6. The number of benzene rings is 4. The molecule has 1 atom stereocenters. The van der Waals surface area contributed by atoms with E-state index in [4.69, 9.17) is 0 Å². The molecule has 248 valence electrons. The summed E-state index contributed by atoms with van der Waals surface area (Å²) in [4.78, 5) is 0. The number of halogens is 2. The van der Waals surface area contributed by atoms with Crippen LogP contribution in [-0.4, -0.2) is 8.80 Å². The van der Waals surface area contributed by atoms with Crippen molar-refractivity contribution < 1.29 is 51.0 Å². The van der Waals surface area contributed by atoms with E-state index < -0.39 is 8.80 Å². The predicted octanol–water partition coefficient (Wildman–Crippen LogP) is 6.13. The summed E-state index contributed by atoms with van der Waals surface area (Å²) in [7, 11) is -0.712. The Hall–Kier alpha value is -2.09. The molecule has 0 N–H and O–H groups in total. The van der Waals surface area contributed by atoms with Crippen molar-refractivity contribution in [3.63, 3.8) is 0 Å². The summed E-state index contributed by atoms with van der Waals surface area (Å²) in [6.45, 7) is 25.7. The van der Waals surface area contributed by atoms with Gasteiger partial charge in [0, 0.05) is 0 Å². The Labute approximate surface area is 323 Å². The van der Waals surface area contributed by atoms with Crippen molar-refractivity contribution in [2.75, 3.05) is 0 Å². The average molecular weight is 769 g/mol. The molecule has 0 saturated carbocycles. The molecule has 2 radical (unpaired) electrons. The third-order valence-corrected chi connectivity index (χ3v) is 11.5. The standard InChI is InChI=1S/C44H50Si.2ClH.Zr/c1-27(2)36-26-31-19-24-38(45(10)11)40(30-17-22-33(23-18-30)44(7,8)9)41(31)42(36)39-28(3)25-37-34(13-12-14-35(37)39)29-15-20-32(21-16-29)43(4,5)6;;;/h12-27,39H,1-11H3;2*1H;/q-1;;;+3/p-2. The van der Waals surface area contributed by atoms with E-state index in [2.05, 4.69) is 166 Å². The molecule has 0 aromatic heterocycles. The minimum atomic E-state index is -0.712. The molecular weight excluding hydrogens is 719 g/mol. The van der Waals surface area contributed by atoms with Crippen molar-refractivity contribution in [1.29, 1.82) is 0 Å². The summed E-state index contributed by atoms with van der Waals surface area (Å²) < 4.78 is 0. The smallest absolute Gasteiger partial charge is 1.00 e. The molecule has 1 aliphatic carbocycles. The monoisotopic (exact) mass is 766 g/mol. The van der Waals surface area contributed by atoms with Crippen molar-refractivity contribution in [3.05, 3.63) is 124 Å². The molecule has 0 fully saturated rings. The zero-order chi connectivity index (χ0) is 32.4. The van der Waals surface area contributed by atoms with Crippen LogP contribution in [0, 0.1) is 0 Å². The van der Waals surface area contributed by atoms with Gasteiger partial charge in [-0.1, -0.05) is 158 Å². The first kappa shape index (κ1) is 40.3. The molecule has 48 heavy (non-hydrogen) atoms. The molecule has 1 aliphatic rings. The summed E-state index contributed by atoms with van der Waals surface area (Å²) in [6.07, 6.45) is 2.48. The van der Waals surface area contributed by atoms with Gasteiger partial charge in [-0.25, -0.2) is 0 Å². The molecule has 4 heteroatoms. The topological polar surface area (TPSA) is 0 Å². The van der Waals surface area contributed by atoms with Crippen LogP contribution in [0.5, 0.6) is 0 Å². The van der Waals surface area contributed by atoms with E-state index in [0.717, 1.165) is 0 Å². The number of hydrogen-bond donors (Lipinski definition) is 0. The normalized spacial score (nSPS) is 14.4. The molecule has 0 spiro atoms. The van der Waals surface area contributed by atoms with Gasteiger partial charge in [-0.3, -0.25) is 0 Å². The van der Waals surface area contributed by atoms with Gasteiger partial charge in [0.15, 0.2) is 0 Å². The maximum atomic E-state index is 2.50. The fourth-order valence-corrected chi connectivity index (χ4v) is 8.58. The maximum Gasteiger partial charge on any atom is 3.00 e. The van der Waals surface area contributed by atoms with Crippen LogP contribution < -0.4 is 30.0 Å². The first-order chi connectivity index (χ1) is 21.2. The molecule has 0 bridgehead atoms. The molecule has 5 aromatic carbocycles. The molecule has 0 saturated heterocycles. The van der Waals surface area contributed by atoms with Gasteiger partial charge in [0.1, 0.15) is 0 Å². The summed E-state index contributed by atoms with van der Waals surface area (Å²) in [5.74, 6) is 0.681. The molecule has 0 aliphatic heterocycles. The van der Waals surface area contributed by atoms with Gasteiger partial charge >= 0.3 is 26.2 Å². The molecular formula is C44H50Cl2SiZr. The van der Waals surface area contributed by atoms with Gasteiger partial charge in [0.25, 0.3) is 0 Å². The van der Waals surface area contributed by atoms with Crippen LogP contribution in [0.15, 0.2) is 90.5 Å². The summed E-state index contributed by atoms with van der Waals surface area (Å²) in [5.41, 5.74) is 15.8. The van der Waals surface area contributed by atoms with E-state index >= 15 is 0 Å². The Morgan fingerprint density at radius 3 is 1.75 bits per heavy atom. The third kappa shape index (κ3) is 7.35. The minimum Gasteiger partial charge on any atom is -1.00 e. The zero-order valence-electron chi connectivity index (χ0n) is 30.6. The quantitative estimate of drug-likeness (QED) is 0.149. The van der Waals surface area contributed by atoms with Gasteiger partial charge in [-0.2, -0.15) is 0 Å². The van der Waals surface area contributed by atoms with E-state index in [1.54, 1.807) is 0 Å². The van der Waals surface area contributed by atoms with Crippen molar-refractivity contribution >= 4 is 30.8 Å². The fourth-order valence-electron chi connectivity index (χ4n) is 7.40. The Morgan fingerprint density at radius 2 is 1.25 bits per heavy atom. The summed E-state index contributed by atoms with van der Waals surface area (Å²) in [5, 5.41) is 4.38. The van der Waals surface area contributed by atoms with E-state index in [9.17, 15) is 0 Å². The summed E-state index contributed by atoms with van der Waals surface area (Å²) in [6, 6.07) is 33.1. The largest absolute Gasteiger partial charge is 3.00 e. The van der Waals surface area contributed by atoms with Crippen molar-refractivity contribution in [1.82, 2.24) is 0 Å². The summed E-state index contributed by atoms with van der Waals surface area (Å²) >= 11 is 0. The van der Waals surface area contributed by atoms with E-state index in [1.165, 1.54) is 77.2 Å². The molecule has 6 rings (SSSR count). The predicted molar refractivity (Wildman–Crippen MR) is 201 cm³/mol. The maximum absolute atomic E-state index is 2.50. The molecule has 0 amide bonds. The van der Waals surface area contributed by atoms with Crippen LogP contribution in [0.2, 0.25) is 13.1 Å². The average Bonchev–Trinajstić information content (AvgIpc) is 3.52. The SMILES string of the molecule is CC1=Cc2c(-c3ccc(C(C)(C)C)cc3)cccc2C1c1c(C(C)C)[cH-]c2ccc([Si](C)C)c(-c3ccc(C(C)(C)C)cc3)c12.[Cl-].[Cl-].[Zr+3]. The second-order valence-electron chi connectivity index (χ2n) is 15.9. The van der Waals surface area contributed by atoms with Crippen molar-refractivity contribution in [2.45, 2.75) is 98.1 Å². The van der Waals surface area contributed by atoms with Crippen LogP contribution in [-0.2, 0) is 37.0 Å². The van der Waals surface area contributed by atoms with E-state index in [0.29, 0.717) is 5.92 Å². The Morgan fingerprint density at radius 1 is 0.708 bits per heavy atom. The van der Waals surface area contributed by atoms with Gasteiger partial charge in [-0.05, 0) is 68.5 Å². The molecule has 5 aromatic rings. The first-order valence-electron chi connectivity index (χ1n) is 16.8. The number of allylic oxidation sites excluding steroid dienone is 1. The van der Waals surface area contributed by atoms with Crippen LogP contribution in [0.4, 0.5) is 0 Å². The molecule has 1 unspecified atom stereocenters. The Bertz CT molecular complexity index is 1910. The van der Waals surface area contributed by atoms with Crippen molar-refractivity contribution in [3.8, 4) is 22.3 Å². The Balaban J connectivity index is 0.00000208. The van der Waals surface area contributed by atoms with E-state index in [1.807, 2.05) is 0 Å². The minimum absolute atomic E-state index is 0. The van der Waals surface area contributed by atoms with Crippen LogP contribution in [0.3, 0.4) is 0 Å². The molecule has 0 heterocycles. The second kappa shape index (κ2) is 15.0. The van der Waals surface area contributed by atoms with E-state index in [-0.39, 0.29) is 67.8 Å². The second-order valence-corrected chi connectivity index (χ2v) is 18.4. The fraction of sp³-hybridized carbons (Fsp3) is 0.341. The van der Waals surface area contributed by atoms with Crippen LogP contribution >= 0.6 is 0 Å².